The van der Waals surface area contributed by atoms with Gasteiger partial charge in [-0.05, 0) is 32.0 Å². The maximum Gasteiger partial charge on any atom is 0.223 e. The molecule has 3 heterocycles. The van der Waals surface area contributed by atoms with E-state index in [4.69, 9.17) is 23.2 Å². The molecular formula is C17H16Cl2FN7. The first-order valence-corrected chi connectivity index (χ1v) is 9.08. The quantitative estimate of drug-likeness (QED) is 0.567. The molecule has 0 spiro atoms. The summed E-state index contributed by atoms with van der Waals surface area (Å²) in [5, 5.41) is 9.56. The highest BCUT2D eigenvalue weighted by molar-refractivity contribution is 6.42. The molecule has 27 heavy (non-hydrogen) atoms. The van der Waals surface area contributed by atoms with Crippen molar-refractivity contribution < 1.29 is 4.39 Å². The number of hydrogen-bond acceptors (Lipinski definition) is 7. The molecule has 1 aliphatic rings. The van der Waals surface area contributed by atoms with Gasteiger partial charge in [-0.2, -0.15) is 0 Å². The van der Waals surface area contributed by atoms with Crippen LogP contribution in [0, 0.1) is 5.82 Å². The van der Waals surface area contributed by atoms with Gasteiger partial charge >= 0.3 is 0 Å². The average Bonchev–Trinajstić information content (AvgIpc) is 3.08. The third-order valence-corrected chi connectivity index (χ3v) is 5.23. The second-order valence-electron chi connectivity index (χ2n) is 6.61. The molecule has 1 fully saturated rings. The Morgan fingerprint density at radius 2 is 2.07 bits per heavy atom. The Labute approximate surface area is 164 Å². The molecule has 1 aromatic carbocycles. The Kier molecular flexibility index (Phi) is 4.71. The Bertz CT molecular complexity index is 1010. The molecule has 140 valence electrons. The lowest BCUT2D eigenvalue weighted by molar-refractivity contribution is 0.561. The van der Waals surface area contributed by atoms with Crippen molar-refractivity contribution in [2.45, 2.75) is 18.9 Å². The Hall–Kier alpha value is -2.29. The third-order valence-electron chi connectivity index (χ3n) is 4.45. The molecule has 3 aromatic rings. The van der Waals surface area contributed by atoms with Crippen LogP contribution in [0.2, 0.25) is 10.0 Å². The number of hydrogen-bond donors (Lipinski definition) is 3. The molecule has 0 bridgehead atoms. The number of halogens is 3. The fraction of sp³-hybridized carbons (Fsp3) is 0.294. The fourth-order valence-electron chi connectivity index (χ4n) is 2.95. The van der Waals surface area contributed by atoms with Gasteiger partial charge in [0.2, 0.25) is 5.95 Å². The van der Waals surface area contributed by atoms with Gasteiger partial charge in [0.25, 0.3) is 0 Å². The average molecular weight is 408 g/mol. The molecule has 10 heteroatoms. The van der Waals surface area contributed by atoms with Crippen molar-refractivity contribution in [1.82, 2.24) is 25.3 Å². The van der Waals surface area contributed by atoms with Crippen LogP contribution in [-0.2, 0) is 0 Å². The molecule has 3 N–H and O–H groups in total. The fourth-order valence-corrected chi connectivity index (χ4v) is 3.26. The lowest BCUT2D eigenvalue weighted by Crippen LogP contribution is -2.37. The maximum atomic E-state index is 14.4. The van der Waals surface area contributed by atoms with Gasteiger partial charge in [0.15, 0.2) is 11.6 Å². The van der Waals surface area contributed by atoms with Crippen LogP contribution in [-0.4, -0.2) is 38.6 Å². The number of benzene rings is 1. The smallest absolute Gasteiger partial charge is 0.223 e. The first kappa shape index (κ1) is 18.1. The summed E-state index contributed by atoms with van der Waals surface area (Å²) in [6, 6.07) is 3.00. The predicted molar refractivity (Wildman–Crippen MR) is 104 cm³/mol. The summed E-state index contributed by atoms with van der Waals surface area (Å²) in [5.41, 5.74) is 1.01. The molecule has 1 atom stereocenters. The number of nitrogens with zero attached hydrogens (tertiary/aromatic N) is 4. The van der Waals surface area contributed by atoms with E-state index < -0.39 is 5.82 Å². The van der Waals surface area contributed by atoms with Crippen molar-refractivity contribution in [2.75, 3.05) is 23.7 Å². The van der Waals surface area contributed by atoms with E-state index in [-0.39, 0.29) is 21.3 Å². The van der Waals surface area contributed by atoms with Crippen molar-refractivity contribution in [3.8, 4) is 0 Å². The number of nitrogens with one attached hydrogen (secondary N) is 3. The third kappa shape index (κ3) is 3.60. The van der Waals surface area contributed by atoms with Crippen molar-refractivity contribution in [2.24, 2.45) is 0 Å². The summed E-state index contributed by atoms with van der Waals surface area (Å²) >= 11 is 11.7. The van der Waals surface area contributed by atoms with Gasteiger partial charge in [-0.15, -0.1) is 0 Å². The first-order valence-electron chi connectivity index (χ1n) is 8.32. The largest absolute Gasteiger partial charge is 0.348 e. The Morgan fingerprint density at radius 3 is 2.85 bits per heavy atom. The normalized spacial score (nSPS) is 19.4. The Morgan fingerprint density at radius 1 is 1.22 bits per heavy atom. The van der Waals surface area contributed by atoms with E-state index in [1.165, 1.54) is 18.5 Å². The Balaban J connectivity index is 1.70. The van der Waals surface area contributed by atoms with Gasteiger partial charge in [-0.25, -0.2) is 24.3 Å². The number of aromatic nitrogens is 4. The van der Waals surface area contributed by atoms with E-state index in [9.17, 15) is 4.39 Å². The molecule has 0 radical (unpaired) electrons. The van der Waals surface area contributed by atoms with E-state index in [0.717, 1.165) is 19.5 Å². The highest BCUT2D eigenvalue weighted by Crippen LogP contribution is 2.32. The van der Waals surface area contributed by atoms with Crippen LogP contribution in [0.4, 0.5) is 21.8 Å². The maximum absolute atomic E-state index is 14.4. The van der Waals surface area contributed by atoms with Crippen molar-refractivity contribution in [3.05, 3.63) is 40.5 Å². The zero-order valence-corrected chi connectivity index (χ0v) is 15.9. The zero-order valence-electron chi connectivity index (χ0n) is 14.4. The number of anilines is 3. The van der Waals surface area contributed by atoms with Gasteiger partial charge in [-0.1, -0.05) is 23.2 Å². The van der Waals surface area contributed by atoms with Gasteiger partial charge < -0.3 is 16.0 Å². The second kappa shape index (κ2) is 7.03. The SMILES string of the molecule is C[C@]1(Nc2ncc3ncnc(Nc4ccc(Cl)c(Cl)c4F)c3n2)CCNC1. The van der Waals surface area contributed by atoms with E-state index in [0.29, 0.717) is 22.8 Å². The van der Waals surface area contributed by atoms with Gasteiger partial charge in [-0.3, -0.25) is 0 Å². The van der Waals surface area contributed by atoms with E-state index in [1.807, 2.05) is 0 Å². The molecule has 0 unspecified atom stereocenters. The second-order valence-corrected chi connectivity index (χ2v) is 7.40. The highest BCUT2D eigenvalue weighted by atomic mass is 35.5. The van der Waals surface area contributed by atoms with Crippen LogP contribution in [0.1, 0.15) is 13.3 Å². The number of rotatable bonds is 4. The van der Waals surface area contributed by atoms with Crippen LogP contribution in [0.25, 0.3) is 11.0 Å². The van der Waals surface area contributed by atoms with Crippen LogP contribution in [0.3, 0.4) is 0 Å². The summed E-state index contributed by atoms with van der Waals surface area (Å²) in [5.74, 6) is 0.145. The number of fused-ring (bicyclic) bond motifs is 1. The standard InChI is InChI=1S/C17H16Cl2FN7/c1-17(4-5-21-7-17)27-16-22-6-11-14(26-16)15(24-8-23-11)25-10-3-2-9(18)12(19)13(10)20/h2-3,6,8,21H,4-5,7H2,1H3,(H,22,26,27)(H,23,24,25)/t17-/m0/s1. The minimum absolute atomic E-state index is 0.132. The first-order chi connectivity index (χ1) is 13.0. The lowest BCUT2D eigenvalue weighted by Gasteiger charge is -2.24. The molecule has 0 amide bonds. The molecule has 1 aliphatic heterocycles. The van der Waals surface area contributed by atoms with E-state index in [1.54, 1.807) is 6.20 Å². The highest BCUT2D eigenvalue weighted by Gasteiger charge is 2.29. The summed E-state index contributed by atoms with van der Waals surface area (Å²) in [6.45, 7) is 3.86. The van der Waals surface area contributed by atoms with Crippen molar-refractivity contribution in [3.63, 3.8) is 0 Å². The van der Waals surface area contributed by atoms with Crippen molar-refractivity contribution in [1.29, 1.82) is 0 Å². The van der Waals surface area contributed by atoms with E-state index >= 15 is 0 Å². The van der Waals surface area contributed by atoms with Gasteiger partial charge in [0.1, 0.15) is 17.4 Å². The van der Waals surface area contributed by atoms with E-state index in [2.05, 4.69) is 42.8 Å². The van der Waals surface area contributed by atoms with Crippen LogP contribution >= 0.6 is 23.2 Å². The molecule has 0 aliphatic carbocycles. The monoisotopic (exact) mass is 407 g/mol. The minimum atomic E-state index is -0.659. The molecule has 0 saturated carbocycles. The molecule has 1 saturated heterocycles. The van der Waals surface area contributed by atoms with Crippen LogP contribution < -0.4 is 16.0 Å². The summed E-state index contributed by atoms with van der Waals surface area (Å²) in [6.07, 6.45) is 3.92. The zero-order chi connectivity index (χ0) is 19.0. The van der Waals surface area contributed by atoms with Crippen molar-refractivity contribution >= 4 is 51.7 Å². The molecule has 4 rings (SSSR count). The minimum Gasteiger partial charge on any atom is -0.348 e. The van der Waals surface area contributed by atoms with Crippen LogP contribution in [0.5, 0.6) is 0 Å². The summed E-state index contributed by atoms with van der Waals surface area (Å²) in [7, 11) is 0. The topological polar surface area (TPSA) is 87.7 Å². The van der Waals surface area contributed by atoms with Gasteiger partial charge in [0, 0.05) is 6.54 Å². The molecule has 7 nitrogen and oxygen atoms in total. The summed E-state index contributed by atoms with van der Waals surface area (Å²) in [4.78, 5) is 17.2. The lowest BCUT2D eigenvalue weighted by atomic mass is 10.0. The predicted octanol–water partition coefficient (Wildman–Crippen LogP) is 3.77. The van der Waals surface area contributed by atoms with Crippen LogP contribution in [0.15, 0.2) is 24.7 Å². The van der Waals surface area contributed by atoms with Gasteiger partial charge in [0.05, 0.1) is 27.5 Å². The summed E-state index contributed by atoms with van der Waals surface area (Å²) < 4.78 is 14.4. The molecular weight excluding hydrogens is 392 g/mol. The molecule has 2 aromatic heterocycles.